The van der Waals surface area contributed by atoms with Gasteiger partial charge in [0.05, 0.1) is 26.0 Å². The highest BCUT2D eigenvalue weighted by molar-refractivity contribution is 14.0. The average Bonchev–Trinajstić information content (AvgIpc) is 3.42. The molecule has 3 rings (SSSR count). The first kappa shape index (κ1) is 25.7. The topological polar surface area (TPSA) is 53.2 Å². The molecule has 0 aliphatic carbocycles. The lowest BCUT2D eigenvalue weighted by Crippen LogP contribution is -2.40. The summed E-state index contributed by atoms with van der Waals surface area (Å²) >= 11 is 0. The van der Waals surface area contributed by atoms with E-state index in [4.69, 9.17) is 14.1 Å². The van der Waals surface area contributed by atoms with Crippen molar-refractivity contribution in [1.29, 1.82) is 0 Å². The maximum atomic E-state index is 5.63. The van der Waals surface area contributed by atoms with E-state index in [9.17, 15) is 0 Å². The van der Waals surface area contributed by atoms with Crippen molar-refractivity contribution in [3.8, 4) is 0 Å². The molecular weight excluding hydrogens is 503 g/mol. The van der Waals surface area contributed by atoms with Gasteiger partial charge in [-0.2, -0.15) is 0 Å². The second-order valence-electron chi connectivity index (χ2n) is 7.95. The van der Waals surface area contributed by atoms with Gasteiger partial charge in [0.1, 0.15) is 5.76 Å². The first-order valence-electron chi connectivity index (χ1n) is 11.1. The number of guanidine groups is 1. The Bertz CT molecular complexity index is 782. The number of nitrogens with zero attached hydrogens (tertiary/aromatic N) is 3. The van der Waals surface area contributed by atoms with Crippen molar-refractivity contribution < 1.29 is 9.15 Å². The molecule has 0 spiro atoms. The number of furan rings is 1. The molecule has 1 aromatic carbocycles. The minimum absolute atomic E-state index is 0. The van der Waals surface area contributed by atoms with E-state index in [2.05, 4.69) is 60.3 Å². The molecule has 6 nitrogen and oxygen atoms in total. The zero-order valence-electron chi connectivity index (χ0n) is 19.0. The van der Waals surface area contributed by atoms with Crippen LogP contribution < -0.4 is 5.32 Å². The van der Waals surface area contributed by atoms with Crippen LogP contribution in [0.3, 0.4) is 0 Å². The van der Waals surface area contributed by atoms with Crippen molar-refractivity contribution in [2.45, 2.75) is 39.9 Å². The molecule has 1 unspecified atom stereocenters. The largest absolute Gasteiger partial charge is 0.468 e. The molecule has 1 aliphatic rings. The van der Waals surface area contributed by atoms with Crippen molar-refractivity contribution in [2.24, 2.45) is 10.9 Å². The first-order valence-corrected chi connectivity index (χ1v) is 11.1. The summed E-state index contributed by atoms with van der Waals surface area (Å²) in [5.74, 6) is 2.59. The Labute approximate surface area is 204 Å². The van der Waals surface area contributed by atoms with Crippen molar-refractivity contribution in [3.63, 3.8) is 0 Å². The van der Waals surface area contributed by atoms with Gasteiger partial charge in [0, 0.05) is 38.7 Å². The number of halogens is 1. The lowest BCUT2D eigenvalue weighted by Gasteiger charge is -2.22. The molecule has 1 atom stereocenters. The van der Waals surface area contributed by atoms with E-state index in [1.165, 1.54) is 17.5 Å². The molecule has 7 heteroatoms. The van der Waals surface area contributed by atoms with Crippen LogP contribution >= 0.6 is 24.0 Å². The Balaban J connectivity index is 0.00000341. The van der Waals surface area contributed by atoms with Crippen LogP contribution in [0, 0.1) is 5.92 Å². The first-order chi connectivity index (χ1) is 14.7. The summed E-state index contributed by atoms with van der Waals surface area (Å²) in [7, 11) is 2.12. The Hall–Kier alpha value is -1.58. The molecule has 0 bridgehead atoms. The SMILES string of the molecule is CCNC(=NCc1ccccc1CN(C)Cc1ccco1)N1CCC(COCC)C1.I. The van der Waals surface area contributed by atoms with Crippen molar-refractivity contribution in [1.82, 2.24) is 15.1 Å². The highest BCUT2D eigenvalue weighted by Gasteiger charge is 2.24. The van der Waals surface area contributed by atoms with E-state index in [1.54, 1.807) is 6.26 Å². The molecule has 2 aromatic rings. The van der Waals surface area contributed by atoms with Crippen molar-refractivity contribution in [2.75, 3.05) is 39.9 Å². The lowest BCUT2D eigenvalue weighted by molar-refractivity contribution is 0.114. The number of hydrogen-bond donors (Lipinski definition) is 1. The third-order valence-electron chi connectivity index (χ3n) is 5.44. The molecule has 1 N–H and O–H groups in total. The molecule has 1 fully saturated rings. The fourth-order valence-electron chi connectivity index (χ4n) is 3.91. The smallest absolute Gasteiger partial charge is 0.194 e. The monoisotopic (exact) mass is 540 g/mol. The number of likely N-dealkylation sites (tertiary alicyclic amines) is 1. The highest BCUT2D eigenvalue weighted by atomic mass is 127. The van der Waals surface area contributed by atoms with Gasteiger partial charge < -0.3 is 19.4 Å². The maximum Gasteiger partial charge on any atom is 0.194 e. The second kappa shape index (κ2) is 13.8. The van der Waals surface area contributed by atoms with Gasteiger partial charge in [0.2, 0.25) is 0 Å². The summed E-state index contributed by atoms with van der Waals surface area (Å²) in [5.41, 5.74) is 2.58. The van der Waals surface area contributed by atoms with Crippen LogP contribution in [0.25, 0.3) is 0 Å². The number of hydrogen-bond acceptors (Lipinski definition) is 4. The van der Waals surface area contributed by atoms with Crippen LogP contribution in [0.5, 0.6) is 0 Å². The van der Waals surface area contributed by atoms with Gasteiger partial charge in [-0.1, -0.05) is 24.3 Å². The minimum atomic E-state index is 0. The molecule has 1 aliphatic heterocycles. The van der Waals surface area contributed by atoms with Crippen LogP contribution in [0.4, 0.5) is 0 Å². The minimum Gasteiger partial charge on any atom is -0.468 e. The Morgan fingerprint density at radius 1 is 1.19 bits per heavy atom. The van der Waals surface area contributed by atoms with Gasteiger partial charge in [0.25, 0.3) is 0 Å². The molecule has 31 heavy (non-hydrogen) atoms. The quantitative estimate of drug-likeness (QED) is 0.276. The summed E-state index contributed by atoms with van der Waals surface area (Å²) in [6.07, 6.45) is 2.89. The van der Waals surface area contributed by atoms with E-state index < -0.39 is 0 Å². The number of nitrogens with one attached hydrogen (secondary N) is 1. The zero-order chi connectivity index (χ0) is 21.2. The molecule has 0 radical (unpaired) electrons. The average molecular weight is 540 g/mol. The van der Waals surface area contributed by atoms with Gasteiger partial charge in [-0.3, -0.25) is 4.90 Å². The predicted molar refractivity (Wildman–Crippen MR) is 137 cm³/mol. The third kappa shape index (κ3) is 8.12. The maximum absolute atomic E-state index is 5.63. The lowest BCUT2D eigenvalue weighted by atomic mass is 10.1. The van der Waals surface area contributed by atoms with Crippen molar-refractivity contribution >= 4 is 29.9 Å². The summed E-state index contributed by atoms with van der Waals surface area (Å²) < 4.78 is 11.1. The van der Waals surface area contributed by atoms with Crippen LogP contribution in [-0.2, 0) is 24.4 Å². The second-order valence-corrected chi connectivity index (χ2v) is 7.95. The Morgan fingerprint density at radius 3 is 2.71 bits per heavy atom. The van der Waals surface area contributed by atoms with Crippen LogP contribution in [0.1, 0.15) is 37.2 Å². The predicted octanol–water partition coefficient (Wildman–Crippen LogP) is 4.35. The van der Waals surface area contributed by atoms with E-state index in [1.807, 2.05) is 12.1 Å². The van der Waals surface area contributed by atoms with Crippen LogP contribution in [0.2, 0.25) is 0 Å². The van der Waals surface area contributed by atoms with Gasteiger partial charge in [-0.15, -0.1) is 24.0 Å². The van der Waals surface area contributed by atoms with Gasteiger partial charge in [0.15, 0.2) is 5.96 Å². The molecule has 1 saturated heterocycles. The van der Waals surface area contributed by atoms with E-state index in [0.29, 0.717) is 12.5 Å². The molecule has 0 saturated carbocycles. The summed E-state index contributed by atoms with van der Waals surface area (Å²) in [4.78, 5) is 9.62. The molecule has 1 aromatic heterocycles. The molecular formula is C24H37IN4O2. The fourth-order valence-corrected chi connectivity index (χ4v) is 3.91. The third-order valence-corrected chi connectivity index (χ3v) is 5.44. The van der Waals surface area contributed by atoms with Crippen LogP contribution in [0.15, 0.2) is 52.1 Å². The summed E-state index contributed by atoms with van der Waals surface area (Å²) in [6, 6.07) is 12.5. The number of rotatable bonds is 10. The van der Waals surface area contributed by atoms with E-state index >= 15 is 0 Å². The van der Waals surface area contributed by atoms with Gasteiger partial charge in [-0.25, -0.2) is 4.99 Å². The van der Waals surface area contributed by atoms with Gasteiger partial charge in [-0.05, 0) is 50.6 Å². The fraction of sp³-hybridized carbons (Fsp3) is 0.542. The molecule has 0 amide bonds. The Morgan fingerprint density at radius 2 is 2.00 bits per heavy atom. The van der Waals surface area contributed by atoms with Crippen LogP contribution in [-0.4, -0.2) is 55.7 Å². The van der Waals surface area contributed by atoms with Gasteiger partial charge >= 0.3 is 0 Å². The Kier molecular flexibility index (Phi) is 11.4. The number of benzene rings is 1. The normalized spacial score (nSPS) is 16.6. The highest BCUT2D eigenvalue weighted by Crippen LogP contribution is 2.18. The zero-order valence-corrected chi connectivity index (χ0v) is 21.4. The number of aliphatic imine (C=N–C) groups is 1. The van der Waals surface area contributed by atoms with Crippen molar-refractivity contribution in [3.05, 3.63) is 59.5 Å². The molecule has 172 valence electrons. The standard InChI is InChI=1S/C24H36N4O2.HI/c1-4-25-24(28-13-12-20(16-28)19-29-5-2)26-15-21-9-6-7-10-22(21)17-27(3)18-23-11-8-14-30-23;/h6-11,14,20H,4-5,12-13,15-19H2,1-3H3,(H,25,26);1H. The number of ether oxygens (including phenoxy) is 1. The summed E-state index contributed by atoms with van der Waals surface area (Å²) in [6.45, 7) is 11.1. The van der Waals surface area contributed by atoms with E-state index in [0.717, 1.165) is 57.7 Å². The van der Waals surface area contributed by atoms with E-state index in [-0.39, 0.29) is 24.0 Å². The molecule has 2 heterocycles. The summed E-state index contributed by atoms with van der Waals surface area (Å²) in [5, 5.41) is 3.47.